The highest BCUT2D eigenvalue weighted by molar-refractivity contribution is 5.86. The van der Waals surface area contributed by atoms with Gasteiger partial charge in [0.25, 0.3) is 0 Å². The van der Waals surface area contributed by atoms with E-state index in [1.54, 1.807) is 0 Å². The molecule has 1 aliphatic heterocycles. The molecule has 0 bridgehead atoms. The largest absolute Gasteiger partial charge is 0.327 e. The fourth-order valence-corrected chi connectivity index (χ4v) is 2.24. The van der Waals surface area contributed by atoms with Crippen LogP contribution in [0.2, 0.25) is 0 Å². The van der Waals surface area contributed by atoms with E-state index in [1.807, 2.05) is 6.21 Å². The first kappa shape index (κ1) is 9.65. The summed E-state index contributed by atoms with van der Waals surface area (Å²) in [6, 6.07) is 0.330. The molecule has 1 saturated carbocycles. The summed E-state index contributed by atoms with van der Waals surface area (Å²) in [4.78, 5) is 4.52. The average Bonchev–Trinajstić information content (AvgIpc) is 2.47. The summed E-state index contributed by atoms with van der Waals surface area (Å²) in [7, 11) is 0. The van der Waals surface area contributed by atoms with Crippen LogP contribution in [0.25, 0.3) is 0 Å². The number of nitrogens with two attached hydrogens (primary N) is 1. The Morgan fingerprint density at radius 2 is 2.36 bits per heavy atom. The van der Waals surface area contributed by atoms with Gasteiger partial charge in [0.05, 0.1) is 0 Å². The summed E-state index contributed by atoms with van der Waals surface area (Å²) < 4.78 is 0. The Bertz CT molecular complexity index is 259. The van der Waals surface area contributed by atoms with Crippen LogP contribution in [0.4, 0.5) is 0 Å². The Morgan fingerprint density at radius 1 is 1.50 bits per heavy atom. The van der Waals surface area contributed by atoms with Crippen LogP contribution >= 0.6 is 0 Å². The van der Waals surface area contributed by atoms with Crippen LogP contribution in [0.3, 0.4) is 0 Å². The number of hydrogen-bond acceptors (Lipinski definition) is 4. The lowest BCUT2D eigenvalue weighted by atomic mass is 9.95. The highest BCUT2D eigenvalue weighted by atomic mass is 15.3. The maximum Gasteiger partial charge on any atom is 0.120 e. The molecule has 0 spiro atoms. The highest BCUT2D eigenvalue weighted by Gasteiger charge is 2.33. The van der Waals surface area contributed by atoms with E-state index in [4.69, 9.17) is 5.73 Å². The summed E-state index contributed by atoms with van der Waals surface area (Å²) in [5.41, 5.74) is 9.03. The third-order valence-electron chi connectivity index (χ3n) is 3.28. The van der Waals surface area contributed by atoms with Crippen LogP contribution in [0.5, 0.6) is 0 Å². The van der Waals surface area contributed by atoms with Crippen molar-refractivity contribution in [1.82, 2.24) is 5.43 Å². The van der Waals surface area contributed by atoms with Gasteiger partial charge >= 0.3 is 0 Å². The molecule has 78 valence electrons. The van der Waals surface area contributed by atoms with Crippen molar-refractivity contribution in [3.63, 3.8) is 0 Å². The Balaban J connectivity index is 2.07. The molecule has 1 heterocycles. The second-order valence-electron chi connectivity index (χ2n) is 4.19. The Hall–Kier alpha value is -0.900. The number of amidine groups is 1. The first-order chi connectivity index (χ1) is 6.79. The number of rotatable bonds is 1. The van der Waals surface area contributed by atoms with Crippen LogP contribution in [-0.2, 0) is 0 Å². The molecule has 2 rings (SSSR count). The molecule has 3 unspecified atom stereocenters. The maximum absolute atomic E-state index is 5.99. The van der Waals surface area contributed by atoms with E-state index in [1.165, 1.54) is 0 Å². The van der Waals surface area contributed by atoms with Crippen molar-refractivity contribution >= 4 is 12.1 Å². The minimum Gasteiger partial charge on any atom is -0.327 e. The normalized spacial score (nSPS) is 37.6. The molecule has 1 aliphatic carbocycles. The molecule has 0 amide bonds. The van der Waals surface area contributed by atoms with Gasteiger partial charge in [0.15, 0.2) is 0 Å². The van der Waals surface area contributed by atoms with Crippen LogP contribution in [-0.4, -0.2) is 24.6 Å². The van der Waals surface area contributed by atoms with Crippen molar-refractivity contribution in [2.75, 3.05) is 6.54 Å². The van der Waals surface area contributed by atoms with Crippen molar-refractivity contribution in [2.45, 2.75) is 32.2 Å². The van der Waals surface area contributed by atoms with Crippen molar-refractivity contribution in [3.8, 4) is 0 Å². The summed E-state index contributed by atoms with van der Waals surface area (Å²) >= 11 is 0. The highest BCUT2D eigenvalue weighted by Crippen LogP contribution is 2.31. The molecule has 14 heavy (non-hydrogen) atoms. The predicted octanol–water partition coefficient (Wildman–Crippen LogP) is 0.737. The molecule has 4 heteroatoms. The molecule has 2 aliphatic rings. The number of aliphatic imine (C=N–C) groups is 1. The van der Waals surface area contributed by atoms with E-state index in [2.05, 4.69) is 22.4 Å². The van der Waals surface area contributed by atoms with Gasteiger partial charge in [-0.05, 0) is 18.8 Å². The van der Waals surface area contributed by atoms with Gasteiger partial charge in [-0.15, -0.1) is 0 Å². The van der Waals surface area contributed by atoms with E-state index in [0.717, 1.165) is 31.6 Å². The number of hydrazone groups is 1. The second-order valence-corrected chi connectivity index (χ2v) is 4.19. The lowest BCUT2D eigenvalue weighted by Crippen LogP contribution is -2.33. The molecule has 3 N–H and O–H groups in total. The molecular weight excluding hydrogens is 176 g/mol. The molecular formula is C10H18N4. The minimum absolute atomic E-state index is 0.330. The lowest BCUT2D eigenvalue weighted by molar-refractivity contribution is 0.468. The van der Waals surface area contributed by atoms with E-state index in [0.29, 0.717) is 17.9 Å². The zero-order valence-corrected chi connectivity index (χ0v) is 8.61. The van der Waals surface area contributed by atoms with Gasteiger partial charge in [-0.3, -0.25) is 10.4 Å². The van der Waals surface area contributed by atoms with E-state index < -0.39 is 0 Å². The quantitative estimate of drug-likeness (QED) is 0.646. The van der Waals surface area contributed by atoms with Gasteiger partial charge in [-0.1, -0.05) is 6.92 Å². The lowest BCUT2D eigenvalue weighted by Gasteiger charge is -2.19. The summed E-state index contributed by atoms with van der Waals surface area (Å²) in [5, 5.41) is 4.11. The topological polar surface area (TPSA) is 62.8 Å². The van der Waals surface area contributed by atoms with Crippen LogP contribution in [0.15, 0.2) is 10.1 Å². The van der Waals surface area contributed by atoms with Gasteiger partial charge in [-0.25, -0.2) is 0 Å². The van der Waals surface area contributed by atoms with E-state index >= 15 is 0 Å². The Kier molecular flexibility index (Phi) is 2.82. The van der Waals surface area contributed by atoms with Crippen LogP contribution in [0.1, 0.15) is 26.2 Å². The van der Waals surface area contributed by atoms with Gasteiger partial charge in [0.2, 0.25) is 0 Å². The maximum atomic E-state index is 5.99. The first-order valence-corrected chi connectivity index (χ1v) is 5.36. The van der Waals surface area contributed by atoms with Crippen LogP contribution in [0, 0.1) is 11.8 Å². The van der Waals surface area contributed by atoms with E-state index in [9.17, 15) is 0 Å². The summed E-state index contributed by atoms with van der Waals surface area (Å²) in [5.74, 6) is 2.05. The molecule has 0 aromatic rings. The predicted molar refractivity (Wildman–Crippen MR) is 58.4 cm³/mol. The van der Waals surface area contributed by atoms with Gasteiger partial charge in [0, 0.05) is 31.1 Å². The molecule has 0 saturated heterocycles. The standard InChI is InChI=1S/C10H18N4/c1-7-8(3-4-9(7)11)10-12-5-2-6-13-14-10/h6-9H,2-5,11H2,1H3,(H,12,14). The monoisotopic (exact) mass is 194 g/mol. The molecule has 0 aromatic carbocycles. The van der Waals surface area contributed by atoms with Gasteiger partial charge in [-0.2, -0.15) is 5.10 Å². The molecule has 4 nitrogen and oxygen atoms in total. The molecule has 0 aromatic heterocycles. The van der Waals surface area contributed by atoms with Crippen molar-refractivity contribution in [1.29, 1.82) is 0 Å². The third kappa shape index (κ3) is 1.80. The van der Waals surface area contributed by atoms with Gasteiger partial charge in [0.1, 0.15) is 5.84 Å². The van der Waals surface area contributed by atoms with Crippen LogP contribution < -0.4 is 11.2 Å². The molecule has 3 atom stereocenters. The number of hydrogen-bond donors (Lipinski definition) is 2. The summed E-state index contributed by atoms with van der Waals surface area (Å²) in [6.07, 6.45) is 5.07. The SMILES string of the molecule is CC1C(N)CCC1C1=NCCC=NN1. The van der Waals surface area contributed by atoms with Crippen molar-refractivity contribution < 1.29 is 0 Å². The number of nitrogens with zero attached hydrogens (tertiary/aromatic N) is 2. The molecule has 0 radical (unpaired) electrons. The smallest absolute Gasteiger partial charge is 0.120 e. The van der Waals surface area contributed by atoms with Gasteiger partial charge < -0.3 is 5.73 Å². The number of nitrogens with one attached hydrogen (secondary N) is 1. The zero-order valence-electron chi connectivity index (χ0n) is 8.61. The second kappa shape index (κ2) is 4.09. The average molecular weight is 194 g/mol. The fraction of sp³-hybridized carbons (Fsp3) is 0.800. The third-order valence-corrected chi connectivity index (χ3v) is 3.28. The first-order valence-electron chi connectivity index (χ1n) is 5.36. The van der Waals surface area contributed by atoms with Crippen molar-refractivity contribution in [3.05, 3.63) is 0 Å². The minimum atomic E-state index is 0.330. The fourth-order valence-electron chi connectivity index (χ4n) is 2.24. The van der Waals surface area contributed by atoms with Crippen molar-refractivity contribution in [2.24, 2.45) is 27.7 Å². The Labute approximate surface area is 84.7 Å². The Morgan fingerprint density at radius 3 is 3.07 bits per heavy atom. The molecule has 1 fully saturated rings. The zero-order chi connectivity index (χ0) is 9.97. The summed E-state index contributed by atoms with van der Waals surface area (Å²) in [6.45, 7) is 3.06. The van der Waals surface area contributed by atoms with E-state index in [-0.39, 0.29) is 0 Å².